The molecule has 0 aliphatic carbocycles. The number of hydrogen-bond acceptors (Lipinski definition) is 3. The van der Waals surface area contributed by atoms with Crippen molar-refractivity contribution in [3.63, 3.8) is 0 Å². The predicted octanol–water partition coefficient (Wildman–Crippen LogP) is 1.04. The van der Waals surface area contributed by atoms with Crippen LogP contribution in [0.5, 0.6) is 0 Å². The van der Waals surface area contributed by atoms with E-state index >= 15 is 0 Å². The van der Waals surface area contributed by atoms with Crippen molar-refractivity contribution in [1.82, 2.24) is 4.90 Å². The summed E-state index contributed by atoms with van der Waals surface area (Å²) >= 11 is 0. The van der Waals surface area contributed by atoms with Gasteiger partial charge in [-0.25, -0.2) is 0 Å². The SMILES string of the molecule is O=C(O)C(CCCCN1CCCC1)C(=O)O. The average Bonchev–Trinajstić information content (AvgIpc) is 2.68. The van der Waals surface area contributed by atoms with Gasteiger partial charge in [0.05, 0.1) is 0 Å². The normalized spacial score (nSPS) is 16.8. The molecule has 0 aromatic rings. The summed E-state index contributed by atoms with van der Waals surface area (Å²) in [6, 6.07) is 0. The quantitative estimate of drug-likeness (QED) is 0.503. The molecule has 0 aromatic heterocycles. The number of carbonyl (C=O) groups is 2. The molecule has 0 unspecified atom stereocenters. The van der Waals surface area contributed by atoms with Crippen LogP contribution in [0.15, 0.2) is 0 Å². The Morgan fingerprint density at radius 3 is 2.12 bits per heavy atom. The van der Waals surface area contributed by atoms with Gasteiger partial charge in [0, 0.05) is 0 Å². The van der Waals surface area contributed by atoms with Gasteiger partial charge in [-0.3, -0.25) is 9.59 Å². The van der Waals surface area contributed by atoms with E-state index in [0.29, 0.717) is 6.42 Å². The molecule has 1 heterocycles. The second-order valence-electron chi connectivity index (χ2n) is 4.27. The summed E-state index contributed by atoms with van der Waals surface area (Å²) in [4.78, 5) is 23.5. The van der Waals surface area contributed by atoms with Crippen LogP contribution in [0, 0.1) is 5.92 Å². The maximum atomic E-state index is 10.6. The summed E-state index contributed by atoms with van der Waals surface area (Å²) < 4.78 is 0. The number of rotatable bonds is 7. The summed E-state index contributed by atoms with van der Waals surface area (Å²) in [6.07, 6.45) is 4.27. The zero-order valence-corrected chi connectivity index (χ0v) is 9.39. The van der Waals surface area contributed by atoms with E-state index in [9.17, 15) is 9.59 Å². The molecular formula is C11H19NO4. The van der Waals surface area contributed by atoms with E-state index in [4.69, 9.17) is 10.2 Å². The van der Waals surface area contributed by atoms with Gasteiger partial charge in [-0.05, 0) is 45.3 Å². The minimum Gasteiger partial charge on any atom is -0.481 e. The third-order valence-corrected chi connectivity index (χ3v) is 3.01. The molecule has 1 aliphatic heterocycles. The first-order valence-corrected chi connectivity index (χ1v) is 5.79. The third-order valence-electron chi connectivity index (χ3n) is 3.01. The molecule has 0 aromatic carbocycles. The lowest BCUT2D eigenvalue weighted by Gasteiger charge is -2.14. The highest BCUT2D eigenvalue weighted by Gasteiger charge is 2.24. The van der Waals surface area contributed by atoms with Gasteiger partial charge in [0.15, 0.2) is 5.92 Å². The van der Waals surface area contributed by atoms with Gasteiger partial charge >= 0.3 is 11.9 Å². The number of aliphatic carboxylic acids is 2. The number of nitrogens with zero attached hydrogens (tertiary/aromatic N) is 1. The van der Waals surface area contributed by atoms with Crippen molar-refractivity contribution in [2.45, 2.75) is 32.1 Å². The standard InChI is InChI=1S/C11H19NO4/c13-10(14)9(11(15)16)5-1-2-6-12-7-3-4-8-12/h9H,1-8H2,(H,13,14)(H,15,16). The van der Waals surface area contributed by atoms with Crippen LogP contribution in [0.25, 0.3) is 0 Å². The largest absolute Gasteiger partial charge is 0.481 e. The van der Waals surface area contributed by atoms with E-state index in [1.165, 1.54) is 12.8 Å². The first kappa shape index (κ1) is 13.0. The zero-order valence-electron chi connectivity index (χ0n) is 9.39. The van der Waals surface area contributed by atoms with Crippen LogP contribution in [0.1, 0.15) is 32.1 Å². The highest BCUT2D eigenvalue weighted by molar-refractivity contribution is 5.92. The summed E-state index contributed by atoms with van der Waals surface area (Å²) in [6.45, 7) is 3.22. The lowest BCUT2D eigenvalue weighted by Crippen LogP contribution is -2.24. The Kier molecular flexibility index (Phi) is 5.25. The molecule has 0 atom stereocenters. The Bertz CT molecular complexity index is 234. The maximum absolute atomic E-state index is 10.6. The Hall–Kier alpha value is -1.10. The third kappa shape index (κ3) is 4.18. The Morgan fingerprint density at radius 2 is 1.62 bits per heavy atom. The van der Waals surface area contributed by atoms with Gasteiger partial charge in [-0.2, -0.15) is 0 Å². The van der Waals surface area contributed by atoms with Crippen molar-refractivity contribution in [2.75, 3.05) is 19.6 Å². The molecule has 1 rings (SSSR count). The van der Waals surface area contributed by atoms with Crippen LogP contribution in [-0.2, 0) is 9.59 Å². The van der Waals surface area contributed by atoms with Crippen molar-refractivity contribution in [1.29, 1.82) is 0 Å². The Labute approximate surface area is 95.1 Å². The van der Waals surface area contributed by atoms with Gasteiger partial charge in [0.25, 0.3) is 0 Å². The molecule has 92 valence electrons. The summed E-state index contributed by atoms with van der Waals surface area (Å²) in [5.74, 6) is -3.69. The highest BCUT2D eigenvalue weighted by Crippen LogP contribution is 2.12. The number of carboxylic acid groups (broad SMARTS) is 2. The molecule has 0 radical (unpaired) electrons. The van der Waals surface area contributed by atoms with Gasteiger partial charge in [-0.15, -0.1) is 0 Å². The smallest absolute Gasteiger partial charge is 0.317 e. The number of unbranched alkanes of at least 4 members (excludes halogenated alkanes) is 1. The van der Waals surface area contributed by atoms with Gasteiger partial charge in [-0.1, -0.05) is 6.42 Å². The zero-order chi connectivity index (χ0) is 12.0. The van der Waals surface area contributed by atoms with Crippen molar-refractivity contribution in [3.05, 3.63) is 0 Å². The monoisotopic (exact) mass is 229 g/mol. The first-order valence-electron chi connectivity index (χ1n) is 5.79. The van der Waals surface area contributed by atoms with Crippen LogP contribution < -0.4 is 0 Å². The molecule has 0 amide bonds. The number of carboxylic acids is 2. The molecule has 2 N–H and O–H groups in total. The van der Waals surface area contributed by atoms with E-state index in [-0.39, 0.29) is 6.42 Å². The van der Waals surface area contributed by atoms with Crippen molar-refractivity contribution < 1.29 is 19.8 Å². The molecule has 0 saturated carbocycles. The van der Waals surface area contributed by atoms with Crippen LogP contribution in [0.2, 0.25) is 0 Å². The fourth-order valence-electron chi connectivity index (χ4n) is 2.04. The second kappa shape index (κ2) is 6.48. The summed E-state index contributed by atoms with van der Waals surface area (Å²) in [5.41, 5.74) is 0. The Balaban J connectivity index is 2.12. The lowest BCUT2D eigenvalue weighted by atomic mass is 10.0. The van der Waals surface area contributed by atoms with E-state index < -0.39 is 17.9 Å². The van der Waals surface area contributed by atoms with E-state index in [1.807, 2.05) is 0 Å². The maximum Gasteiger partial charge on any atom is 0.317 e. The molecule has 16 heavy (non-hydrogen) atoms. The predicted molar refractivity (Wildman–Crippen MR) is 58.3 cm³/mol. The van der Waals surface area contributed by atoms with Gasteiger partial charge < -0.3 is 15.1 Å². The van der Waals surface area contributed by atoms with Crippen LogP contribution in [0.3, 0.4) is 0 Å². The molecule has 5 nitrogen and oxygen atoms in total. The van der Waals surface area contributed by atoms with Gasteiger partial charge in [0.2, 0.25) is 0 Å². The van der Waals surface area contributed by atoms with E-state index in [0.717, 1.165) is 26.1 Å². The highest BCUT2D eigenvalue weighted by atomic mass is 16.4. The second-order valence-corrected chi connectivity index (χ2v) is 4.27. The van der Waals surface area contributed by atoms with Crippen LogP contribution >= 0.6 is 0 Å². The van der Waals surface area contributed by atoms with Crippen LogP contribution in [-0.4, -0.2) is 46.7 Å². The van der Waals surface area contributed by atoms with E-state index in [2.05, 4.69) is 4.90 Å². The molecule has 0 spiro atoms. The lowest BCUT2D eigenvalue weighted by molar-refractivity contribution is -0.154. The average molecular weight is 229 g/mol. The minimum absolute atomic E-state index is 0.235. The van der Waals surface area contributed by atoms with E-state index in [1.54, 1.807) is 0 Å². The molecule has 1 saturated heterocycles. The minimum atomic E-state index is -1.24. The van der Waals surface area contributed by atoms with Crippen molar-refractivity contribution in [3.8, 4) is 0 Å². The molecule has 5 heteroatoms. The molecule has 1 aliphatic rings. The van der Waals surface area contributed by atoms with Gasteiger partial charge in [0.1, 0.15) is 0 Å². The van der Waals surface area contributed by atoms with Crippen molar-refractivity contribution in [2.24, 2.45) is 5.92 Å². The fourth-order valence-corrected chi connectivity index (χ4v) is 2.04. The summed E-state index contributed by atoms with van der Waals surface area (Å²) in [7, 11) is 0. The Morgan fingerprint density at radius 1 is 1.06 bits per heavy atom. The molecule has 0 bridgehead atoms. The van der Waals surface area contributed by atoms with Crippen LogP contribution in [0.4, 0.5) is 0 Å². The molecule has 1 fully saturated rings. The fraction of sp³-hybridized carbons (Fsp3) is 0.818. The topological polar surface area (TPSA) is 77.8 Å². The first-order chi connectivity index (χ1) is 7.61. The van der Waals surface area contributed by atoms with Crippen molar-refractivity contribution >= 4 is 11.9 Å². The summed E-state index contributed by atoms with van der Waals surface area (Å²) in [5, 5.41) is 17.3. The molecular weight excluding hydrogens is 210 g/mol. The number of likely N-dealkylation sites (tertiary alicyclic amines) is 1. The number of hydrogen-bond donors (Lipinski definition) is 2.